The standard InChI is InChI=1S/C16H27NO/c1-11(2)13(4)17(6)14(5)16(18)15-9-7-12(3)8-10-15/h7-11,13-14,16,18H,1-6H3. The highest BCUT2D eigenvalue weighted by molar-refractivity contribution is 5.24. The molecule has 0 aromatic heterocycles. The van der Waals surface area contributed by atoms with E-state index < -0.39 is 6.10 Å². The molecule has 3 unspecified atom stereocenters. The smallest absolute Gasteiger partial charge is 0.0942 e. The molecule has 1 N–H and O–H groups in total. The van der Waals surface area contributed by atoms with Crippen molar-refractivity contribution in [2.75, 3.05) is 7.05 Å². The van der Waals surface area contributed by atoms with Crippen molar-refractivity contribution >= 4 is 0 Å². The second-order valence-electron chi connectivity index (χ2n) is 5.75. The molecule has 1 aromatic carbocycles. The van der Waals surface area contributed by atoms with Crippen LogP contribution >= 0.6 is 0 Å². The van der Waals surface area contributed by atoms with Crippen LogP contribution in [0.4, 0.5) is 0 Å². The Morgan fingerprint density at radius 3 is 1.89 bits per heavy atom. The lowest BCUT2D eigenvalue weighted by Gasteiger charge is -2.36. The molecule has 2 heteroatoms. The van der Waals surface area contributed by atoms with E-state index in [1.807, 2.05) is 12.1 Å². The molecule has 102 valence electrons. The number of aryl methyl sites for hydroxylation is 1. The Kier molecular flexibility index (Phi) is 5.36. The molecule has 18 heavy (non-hydrogen) atoms. The summed E-state index contributed by atoms with van der Waals surface area (Å²) in [6.45, 7) is 10.8. The van der Waals surface area contributed by atoms with Gasteiger partial charge in [0.1, 0.15) is 0 Å². The lowest BCUT2D eigenvalue weighted by atomic mass is 9.97. The number of hydrogen-bond acceptors (Lipinski definition) is 2. The van der Waals surface area contributed by atoms with Crippen LogP contribution in [0.5, 0.6) is 0 Å². The van der Waals surface area contributed by atoms with E-state index in [0.717, 1.165) is 5.56 Å². The fourth-order valence-electron chi connectivity index (χ4n) is 2.11. The third kappa shape index (κ3) is 3.56. The zero-order chi connectivity index (χ0) is 13.9. The first kappa shape index (κ1) is 15.2. The average molecular weight is 249 g/mol. The fourth-order valence-corrected chi connectivity index (χ4v) is 2.11. The minimum Gasteiger partial charge on any atom is -0.387 e. The van der Waals surface area contributed by atoms with E-state index in [1.165, 1.54) is 5.56 Å². The molecule has 0 aliphatic rings. The van der Waals surface area contributed by atoms with Crippen LogP contribution in [0.15, 0.2) is 24.3 Å². The predicted molar refractivity (Wildman–Crippen MR) is 77.7 cm³/mol. The SMILES string of the molecule is Cc1ccc(C(O)C(C)N(C)C(C)C(C)C)cc1. The number of rotatable bonds is 5. The van der Waals surface area contributed by atoms with E-state index in [2.05, 4.69) is 58.7 Å². The average Bonchev–Trinajstić information content (AvgIpc) is 2.36. The zero-order valence-corrected chi connectivity index (χ0v) is 12.5. The van der Waals surface area contributed by atoms with E-state index in [-0.39, 0.29) is 6.04 Å². The molecule has 0 fully saturated rings. The maximum atomic E-state index is 10.4. The number of aliphatic hydroxyl groups excluding tert-OH is 1. The van der Waals surface area contributed by atoms with Gasteiger partial charge in [-0.05, 0) is 39.3 Å². The lowest BCUT2D eigenvalue weighted by Crippen LogP contribution is -2.42. The second kappa shape index (κ2) is 6.35. The summed E-state index contributed by atoms with van der Waals surface area (Å²) in [6.07, 6.45) is -0.434. The third-order valence-electron chi connectivity index (χ3n) is 4.13. The number of hydrogen-bond donors (Lipinski definition) is 1. The maximum Gasteiger partial charge on any atom is 0.0942 e. The Morgan fingerprint density at radius 2 is 1.44 bits per heavy atom. The van der Waals surface area contributed by atoms with Gasteiger partial charge in [0.05, 0.1) is 6.10 Å². The van der Waals surface area contributed by atoms with Gasteiger partial charge in [-0.2, -0.15) is 0 Å². The van der Waals surface area contributed by atoms with Crippen molar-refractivity contribution in [3.63, 3.8) is 0 Å². The van der Waals surface area contributed by atoms with Crippen molar-refractivity contribution in [3.8, 4) is 0 Å². The first-order chi connectivity index (χ1) is 8.34. The van der Waals surface area contributed by atoms with Gasteiger partial charge in [0.25, 0.3) is 0 Å². The topological polar surface area (TPSA) is 23.5 Å². The minimum absolute atomic E-state index is 0.116. The summed E-state index contributed by atoms with van der Waals surface area (Å²) < 4.78 is 0. The maximum absolute atomic E-state index is 10.4. The zero-order valence-electron chi connectivity index (χ0n) is 12.5. The van der Waals surface area contributed by atoms with Crippen molar-refractivity contribution in [1.82, 2.24) is 4.90 Å². The van der Waals surface area contributed by atoms with Crippen molar-refractivity contribution in [2.24, 2.45) is 5.92 Å². The highest BCUT2D eigenvalue weighted by atomic mass is 16.3. The molecule has 0 bridgehead atoms. The van der Waals surface area contributed by atoms with Crippen LogP contribution in [-0.4, -0.2) is 29.1 Å². The van der Waals surface area contributed by atoms with Crippen molar-refractivity contribution < 1.29 is 5.11 Å². The second-order valence-corrected chi connectivity index (χ2v) is 5.75. The summed E-state index contributed by atoms with van der Waals surface area (Å²) in [7, 11) is 2.09. The monoisotopic (exact) mass is 249 g/mol. The predicted octanol–water partition coefficient (Wildman–Crippen LogP) is 3.39. The first-order valence-corrected chi connectivity index (χ1v) is 6.81. The van der Waals surface area contributed by atoms with Gasteiger partial charge in [-0.1, -0.05) is 43.7 Å². The third-order valence-corrected chi connectivity index (χ3v) is 4.13. The highest BCUT2D eigenvalue weighted by Crippen LogP contribution is 2.23. The molecule has 0 radical (unpaired) electrons. The Labute approximate surface area is 112 Å². The normalized spacial score (nSPS) is 16.9. The van der Waals surface area contributed by atoms with Crippen molar-refractivity contribution in [2.45, 2.75) is 52.8 Å². The Bertz CT molecular complexity index is 358. The van der Waals surface area contributed by atoms with E-state index in [9.17, 15) is 5.11 Å². The van der Waals surface area contributed by atoms with Gasteiger partial charge in [0.15, 0.2) is 0 Å². The van der Waals surface area contributed by atoms with Crippen LogP contribution in [0.2, 0.25) is 0 Å². The van der Waals surface area contributed by atoms with Gasteiger partial charge in [0.2, 0.25) is 0 Å². The molecule has 1 rings (SSSR count). The molecule has 0 spiro atoms. The fraction of sp³-hybridized carbons (Fsp3) is 0.625. The van der Waals surface area contributed by atoms with Crippen LogP contribution in [0.1, 0.15) is 44.9 Å². The first-order valence-electron chi connectivity index (χ1n) is 6.81. The highest BCUT2D eigenvalue weighted by Gasteiger charge is 2.25. The van der Waals surface area contributed by atoms with E-state index in [1.54, 1.807) is 0 Å². The summed E-state index contributed by atoms with van der Waals surface area (Å²) in [4.78, 5) is 2.26. The quantitative estimate of drug-likeness (QED) is 0.864. The number of nitrogens with zero attached hydrogens (tertiary/aromatic N) is 1. The van der Waals surface area contributed by atoms with Crippen LogP contribution in [0, 0.1) is 12.8 Å². The van der Waals surface area contributed by atoms with Gasteiger partial charge in [0, 0.05) is 12.1 Å². The molecule has 0 amide bonds. The molecule has 0 saturated heterocycles. The molecule has 1 aromatic rings. The summed E-state index contributed by atoms with van der Waals surface area (Å²) in [6, 6.07) is 8.72. The Morgan fingerprint density at radius 1 is 0.944 bits per heavy atom. The molecular weight excluding hydrogens is 222 g/mol. The van der Waals surface area contributed by atoms with Crippen LogP contribution in [0.3, 0.4) is 0 Å². The summed E-state index contributed by atoms with van der Waals surface area (Å²) >= 11 is 0. The molecule has 0 heterocycles. The number of likely N-dealkylation sites (N-methyl/N-ethyl adjacent to an activating group) is 1. The molecule has 0 aliphatic heterocycles. The Hall–Kier alpha value is -0.860. The minimum atomic E-state index is -0.434. The summed E-state index contributed by atoms with van der Waals surface area (Å²) in [5.41, 5.74) is 2.22. The van der Waals surface area contributed by atoms with Gasteiger partial charge < -0.3 is 5.11 Å². The Balaban J connectivity index is 2.77. The lowest BCUT2D eigenvalue weighted by molar-refractivity contribution is 0.0419. The summed E-state index contributed by atoms with van der Waals surface area (Å²) in [5, 5.41) is 10.4. The van der Waals surface area contributed by atoms with Crippen molar-refractivity contribution in [3.05, 3.63) is 35.4 Å². The van der Waals surface area contributed by atoms with Crippen LogP contribution in [-0.2, 0) is 0 Å². The van der Waals surface area contributed by atoms with Gasteiger partial charge >= 0.3 is 0 Å². The largest absolute Gasteiger partial charge is 0.387 e. The molecule has 2 nitrogen and oxygen atoms in total. The van der Waals surface area contributed by atoms with Crippen LogP contribution in [0.25, 0.3) is 0 Å². The molecule has 0 aliphatic carbocycles. The number of aliphatic hydroxyl groups is 1. The van der Waals surface area contributed by atoms with E-state index >= 15 is 0 Å². The summed E-state index contributed by atoms with van der Waals surface area (Å²) in [5.74, 6) is 0.586. The van der Waals surface area contributed by atoms with E-state index in [0.29, 0.717) is 12.0 Å². The molecular formula is C16H27NO. The van der Waals surface area contributed by atoms with Gasteiger partial charge in [-0.15, -0.1) is 0 Å². The number of benzene rings is 1. The molecule has 0 saturated carbocycles. The molecule has 3 atom stereocenters. The van der Waals surface area contributed by atoms with Gasteiger partial charge in [-0.3, -0.25) is 4.90 Å². The van der Waals surface area contributed by atoms with Crippen molar-refractivity contribution in [1.29, 1.82) is 0 Å². The van der Waals surface area contributed by atoms with Crippen LogP contribution < -0.4 is 0 Å². The van der Waals surface area contributed by atoms with E-state index in [4.69, 9.17) is 0 Å². The van der Waals surface area contributed by atoms with Gasteiger partial charge in [-0.25, -0.2) is 0 Å².